The van der Waals surface area contributed by atoms with Gasteiger partial charge in [-0.3, -0.25) is 9.59 Å². The topological polar surface area (TPSA) is 51.1 Å². The van der Waals surface area contributed by atoms with Gasteiger partial charge in [-0.1, -0.05) is 71.1 Å². The van der Waals surface area contributed by atoms with Crippen LogP contribution in [0.25, 0.3) is 0 Å². The molecule has 1 heterocycles. The molecule has 1 aromatic heterocycles. The van der Waals surface area contributed by atoms with Gasteiger partial charge in [0, 0.05) is 18.3 Å². The summed E-state index contributed by atoms with van der Waals surface area (Å²) in [4.78, 5) is 27.0. The van der Waals surface area contributed by atoms with E-state index in [9.17, 15) is 9.59 Å². The highest BCUT2D eigenvalue weighted by molar-refractivity contribution is 5.94. The van der Waals surface area contributed by atoms with Crippen LogP contribution in [-0.4, -0.2) is 16.5 Å². The van der Waals surface area contributed by atoms with Gasteiger partial charge in [0.05, 0.1) is 0 Å². The van der Waals surface area contributed by atoms with Gasteiger partial charge in [-0.15, -0.1) is 0 Å². The van der Waals surface area contributed by atoms with E-state index in [2.05, 4.69) is 12.2 Å². The zero-order valence-electron chi connectivity index (χ0n) is 20.3. The Bertz CT molecular complexity index is 821. The SMILES string of the molecule is CCCCn1c2c(cc(C(=O)NC3CCCCC3C3CCCCC3)c1=O)CCCCCC2. The summed E-state index contributed by atoms with van der Waals surface area (Å²) in [7, 11) is 0. The third-order valence-corrected chi connectivity index (χ3v) is 8.47. The average molecular weight is 441 g/mol. The number of nitrogens with one attached hydrogen (secondary N) is 1. The molecule has 4 heteroatoms. The Hall–Kier alpha value is -1.58. The van der Waals surface area contributed by atoms with E-state index in [4.69, 9.17) is 0 Å². The van der Waals surface area contributed by atoms with Gasteiger partial charge in [-0.2, -0.15) is 0 Å². The molecule has 1 aromatic rings. The van der Waals surface area contributed by atoms with E-state index >= 15 is 0 Å². The smallest absolute Gasteiger partial charge is 0.263 e. The van der Waals surface area contributed by atoms with Crippen LogP contribution in [0.5, 0.6) is 0 Å². The monoisotopic (exact) mass is 440 g/mol. The van der Waals surface area contributed by atoms with Crippen molar-refractivity contribution in [2.24, 2.45) is 11.8 Å². The molecule has 2 fully saturated rings. The number of nitrogens with zero attached hydrogens (tertiary/aromatic N) is 1. The Morgan fingerprint density at radius 2 is 1.62 bits per heavy atom. The zero-order chi connectivity index (χ0) is 22.3. The second-order valence-electron chi connectivity index (χ2n) is 10.7. The van der Waals surface area contributed by atoms with Crippen molar-refractivity contribution in [3.8, 4) is 0 Å². The predicted molar refractivity (Wildman–Crippen MR) is 131 cm³/mol. The van der Waals surface area contributed by atoms with Crippen LogP contribution >= 0.6 is 0 Å². The lowest BCUT2D eigenvalue weighted by molar-refractivity contribution is 0.0857. The summed E-state index contributed by atoms with van der Waals surface area (Å²) in [5, 5.41) is 3.39. The molecule has 1 amide bonds. The molecule has 4 rings (SSSR count). The van der Waals surface area contributed by atoms with Gasteiger partial charge in [0.15, 0.2) is 0 Å². The lowest BCUT2D eigenvalue weighted by Crippen LogP contribution is -2.47. The summed E-state index contributed by atoms with van der Waals surface area (Å²) in [6.45, 7) is 2.91. The van der Waals surface area contributed by atoms with E-state index < -0.39 is 0 Å². The number of hydrogen-bond donors (Lipinski definition) is 1. The number of carbonyl (C=O) groups excluding carboxylic acids is 1. The van der Waals surface area contributed by atoms with E-state index in [1.165, 1.54) is 75.5 Å². The van der Waals surface area contributed by atoms with E-state index in [1.54, 1.807) is 0 Å². The summed E-state index contributed by atoms with van der Waals surface area (Å²) in [5.41, 5.74) is 2.80. The van der Waals surface area contributed by atoms with Crippen LogP contribution in [0.15, 0.2) is 10.9 Å². The number of fused-ring (bicyclic) bond motifs is 1. The van der Waals surface area contributed by atoms with Crippen molar-refractivity contribution < 1.29 is 4.79 Å². The fourth-order valence-electron chi connectivity index (χ4n) is 6.66. The minimum absolute atomic E-state index is 0.0553. The molecule has 3 aliphatic carbocycles. The minimum Gasteiger partial charge on any atom is -0.349 e. The molecule has 0 bridgehead atoms. The normalized spacial score (nSPS) is 24.9. The van der Waals surface area contributed by atoms with Crippen molar-refractivity contribution in [1.82, 2.24) is 9.88 Å². The molecule has 178 valence electrons. The van der Waals surface area contributed by atoms with Crippen molar-refractivity contribution in [2.45, 2.75) is 129 Å². The minimum atomic E-state index is -0.113. The number of carbonyl (C=O) groups is 1. The molecule has 32 heavy (non-hydrogen) atoms. The molecule has 2 atom stereocenters. The molecule has 0 aromatic carbocycles. The average Bonchev–Trinajstić information content (AvgIpc) is 2.80. The highest BCUT2D eigenvalue weighted by Crippen LogP contribution is 2.38. The zero-order valence-corrected chi connectivity index (χ0v) is 20.3. The highest BCUT2D eigenvalue weighted by Gasteiger charge is 2.34. The highest BCUT2D eigenvalue weighted by atomic mass is 16.2. The summed E-state index contributed by atoms with van der Waals surface area (Å²) < 4.78 is 1.97. The van der Waals surface area contributed by atoms with Crippen molar-refractivity contribution in [1.29, 1.82) is 0 Å². The van der Waals surface area contributed by atoms with Crippen LogP contribution in [0.1, 0.15) is 125 Å². The molecule has 0 saturated heterocycles. The summed E-state index contributed by atoms with van der Waals surface area (Å²) in [6, 6.07) is 2.21. The number of aromatic nitrogens is 1. The lowest BCUT2D eigenvalue weighted by atomic mass is 9.71. The predicted octanol–water partition coefficient (Wildman–Crippen LogP) is 6.18. The van der Waals surface area contributed by atoms with Gasteiger partial charge in [-0.05, 0) is 68.4 Å². The van der Waals surface area contributed by atoms with E-state index in [0.29, 0.717) is 11.5 Å². The van der Waals surface area contributed by atoms with Gasteiger partial charge in [0.25, 0.3) is 11.5 Å². The largest absolute Gasteiger partial charge is 0.349 e. The van der Waals surface area contributed by atoms with Crippen molar-refractivity contribution in [3.63, 3.8) is 0 Å². The maximum absolute atomic E-state index is 13.5. The Balaban J connectivity index is 1.59. The first-order valence-electron chi connectivity index (χ1n) is 13.8. The Morgan fingerprint density at radius 1 is 0.938 bits per heavy atom. The molecule has 0 aliphatic heterocycles. The van der Waals surface area contributed by atoms with Crippen LogP contribution in [-0.2, 0) is 19.4 Å². The van der Waals surface area contributed by atoms with Crippen molar-refractivity contribution in [2.75, 3.05) is 0 Å². The first-order chi connectivity index (χ1) is 15.7. The molecular weight excluding hydrogens is 396 g/mol. The summed E-state index contributed by atoms with van der Waals surface area (Å²) in [6.07, 6.45) is 20.3. The van der Waals surface area contributed by atoms with Gasteiger partial charge in [0.2, 0.25) is 0 Å². The second kappa shape index (κ2) is 11.5. The van der Waals surface area contributed by atoms with Gasteiger partial charge in [-0.25, -0.2) is 0 Å². The number of aryl methyl sites for hydroxylation is 1. The third kappa shape index (κ3) is 5.48. The Labute approximate surface area is 194 Å². The number of amides is 1. The lowest BCUT2D eigenvalue weighted by Gasteiger charge is -2.39. The van der Waals surface area contributed by atoms with Crippen LogP contribution in [0.4, 0.5) is 0 Å². The molecule has 1 N–H and O–H groups in total. The third-order valence-electron chi connectivity index (χ3n) is 8.47. The fourth-order valence-corrected chi connectivity index (χ4v) is 6.66. The van der Waals surface area contributed by atoms with E-state index in [0.717, 1.165) is 57.4 Å². The van der Waals surface area contributed by atoms with E-state index in [-0.39, 0.29) is 17.5 Å². The molecule has 3 aliphatic rings. The van der Waals surface area contributed by atoms with Crippen LogP contribution < -0.4 is 10.9 Å². The van der Waals surface area contributed by atoms with Crippen molar-refractivity contribution >= 4 is 5.91 Å². The Kier molecular flexibility index (Phi) is 8.49. The molecule has 2 unspecified atom stereocenters. The van der Waals surface area contributed by atoms with Crippen LogP contribution in [0.3, 0.4) is 0 Å². The first-order valence-corrected chi connectivity index (χ1v) is 13.8. The molecule has 0 radical (unpaired) electrons. The number of rotatable bonds is 6. The molecule has 0 spiro atoms. The van der Waals surface area contributed by atoms with Crippen LogP contribution in [0, 0.1) is 11.8 Å². The maximum Gasteiger partial charge on any atom is 0.263 e. The second-order valence-corrected chi connectivity index (χ2v) is 10.7. The number of unbranched alkanes of at least 4 members (excludes halogenated alkanes) is 1. The number of pyridine rings is 1. The summed E-state index contributed by atoms with van der Waals surface area (Å²) in [5.74, 6) is 1.24. The summed E-state index contributed by atoms with van der Waals surface area (Å²) >= 11 is 0. The van der Waals surface area contributed by atoms with Gasteiger partial charge >= 0.3 is 0 Å². The fraction of sp³-hybridized carbons (Fsp3) is 0.786. The van der Waals surface area contributed by atoms with Crippen LogP contribution in [0.2, 0.25) is 0 Å². The number of hydrogen-bond acceptors (Lipinski definition) is 2. The Morgan fingerprint density at radius 3 is 2.41 bits per heavy atom. The molecular formula is C28H44N2O2. The van der Waals surface area contributed by atoms with Gasteiger partial charge < -0.3 is 9.88 Å². The first kappa shape index (κ1) is 23.6. The maximum atomic E-state index is 13.5. The van der Waals surface area contributed by atoms with E-state index in [1.807, 2.05) is 10.6 Å². The molecule has 4 nitrogen and oxygen atoms in total. The quantitative estimate of drug-likeness (QED) is 0.574. The molecule has 2 saturated carbocycles. The van der Waals surface area contributed by atoms with Gasteiger partial charge in [0.1, 0.15) is 5.56 Å². The standard InChI is InChI=1S/C28H44N2O2/c1-2-3-19-30-26-18-10-5-4-7-15-22(26)20-24(28(30)32)27(31)29-25-17-12-11-16-23(25)21-13-8-6-9-14-21/h20-21,23,25H,2-19H2,1H3,(H,29,31). The van der Waals surface area contributed by atoms with Crippen molar-refractivity contribution in [3.05, 3.63) is 33.2 Å².